The van der Waals surface area contributed by atoms with E-state index in [0.29, 0.717) is 6.42 Å². The first kappa shape index (κ1) is 11.7. The molecular formula is C11H14FNO2. The molecule has 4 heteroatoms. The Morgan fingerprint density at radius 2 is 2.33 bits per heavy atom. The Bertz CT molecular complexity index is 337. The van der Waals surface area contributed by atoms with Crippen molar-refractivity contribution in [1.29, 1.82) is 0 Å². The molecule has 3 nitrogen and oxygen atoms in total. The normalized spacial score (nSPS) is 12.2. The topological polar surface area (TPSA) is 49.3 Å². The van der Waals surface area contributed by atoms with E-state index in [2.05, 4.69) is 5.32 Å². The summed E-state index contributed by atoms with van der Waals surface area (Å²) in [5, 5.41) is 11.5. The number of halogens is 1. The monoisotopic (exact) mass is 211 g/mol. The van der Waals surface area contributed by atoms with Gasteiger partial charge in [-0.1, -0.05) is 13.0 Å². The first-order chi connectivity index (χ1) is 7.17. The van der Waals surface area contributed by atoms with E-state index in [0.717, 1.165) is 0 Å². The van der Waals surface area contributed by atoms with Gasteiger partial charge in [-0.15, -0.1) is 0 Å². The van der Waals surface area contributed by atoms with E-state index in [-0.39, 0.29) is 24.1 Å². The van der Waals surface area contributed by atoms with Gasteiger partial charge >= 0.3 is 0 Å². The highest BCUT2D eigenvalue weighted by atomic mass is 19.1. The van der Waals surface area contributed by atoms with Crippen LogP contribution in [-0.2, 0) is 0 Å². The highest BCUT2D eigenvalue weighted by Gasteiger charge is 2.11. The van der Waals surface area contributed by atoms with Crippen LogP contribution in [-0.4, -0.2) is 23.7 Å². The van der Waals surface area contributed by atoms with Crippen molar-refractivity contribution in [3.8, 4) is 0 Å². The van der Waals surface area contributed by atoms with E-state index in [9.17, 15) is 9.18 Å². The molecule has 1 atom stereocenters. The van der Waals surface area contributed by atoms with E-state index >= 15 is 0 Å². The second-order valence-electron chi connectivity index (χ2n) is 3.27. The lowest BCUT2D eigenvalue weighted by molar-refractivity contribution is 0.0914. The van der Waals surface area contributed by atoms with Crippen LogP contribution in [0.1, 0.15) is 23.7 Å². The molecule has 0 aliphatic heterocycles. The van der Waals surface area contributed by atoms with Crippen molar-refractivity contribution in [3.05, 3.63) is 35.6 Å². The van der Waals surface area contributed by atoms with Gasteiger partial charge in [-0.05, 0) is 24.6 Å². The van der Waals surface area contributed by atoms with Crippen molar-refractivity contribution in [3.63, 3.8) is 0 Å². The van der Waals surface area contributed by atoms with Gasteiger partial charge in [0.2, 0.25) is 0 Å². The molecule has 1 amide bonds. The van der Waals surface area contributed by atoms with Gasteiger partial charge in [0.1, 0.15) is 5.82 Å². The number of aliphatic hydroxyl groups excluding tert-OH is 1. The van der Waals surface area contributed by atoms with Crippen LogP contribution in [0.5, 0.6) is 0 Å². The van der Waals surface area contributed by atoms with Gasteiger partial charge in [0.05, 0.1) is 12.6 Å². The van der Waals surface area contributed by atoms with Crippen LogP contribution < -0.4 is 5.32 Å². The quantitative estimate of drug-likeness (QED) is 0.789. The molecular weight excluding hydrogens is 197 g/mol. The van der Waals surface area contributed by atoms with Crippen LogP contribution in [0.2, 0.25) is 0 Å². The molecule has 1 aromatic rings. The molecule has 0 aliphatic carbocycles. The Balaban J connectivity index is 2.68. The molecule has 0 aliphatic rings. The Kier molecular flexibility index (Phi) is 4.24. The summed E-state index contributed by atoms with van der Waals surface area (Å²) in [7, 11) is 0. The van der Waals surface area contributed by atoms with Gasteiger partial charge in [-0.3, -0.25) is 4.79 Å². The summed E-state index contributed by atoms with van der Waals surface area (Å²) in [5.41, 5.74) is 0.266. The number of amides is 1. The second-order valence-corrected chi connectivity index (χ2v) is 3.27. The van der Waals surface area contributed by atoms with Gasteiger partial charge in [0.25, 0.3) is 5.91 Å². The van der Waals surface area contributed by atoms with Gasteiger partial charge in [0.15, 0.2) is 0 Å². The molecule has 0 fully saturated rings. The van der Waals surface area contributed by atoms with E-state index < -0.39 is 5.82 Å². The third kappa shape index (κ3) is 3.32. The van der Waals surface area contributed by atoms with Crippen LogP contribution >= 0.6 is 0 Å². The summed E-state index contributed by atoms with van der Waals surface area (Å²) in [6.45, 7) is 1.74. The zero-order valence-corrected chi connectivity index (χ0v) is 8.53. The second kappa shape index (κ2) is 5.46. The van der Waals surface area contributed by atoms with Gasteiger partial charge in [0, 0.05) is 5.56 Å². The van der Waals surface area contributed by atoms with Crippen molar-refractivity contribution >= 4 is 5.91 Å². The third-order valence-corrected chi connectivity index (χ3v) is 2.14. The smallest absolute Gasteiger partial charge is 0.251 e. The average molecular weight is 211 g/mol. The van der Waals surface area contributed by atoms with Crippen molar-refractivity contribution in [1.82, 2.24) is 5.32 Å². The Morgan fingerprint density at radius 3 is 2.87 bits per heavy atom. The summed E-state index contributed by atoms with van der Waals surface area (Å²) in [5.74, 6) is -0.810. The summed E-state index contributed by atoms with van der Waals surface area (Å²) in [4.78, 5) is 11.5. The summed E-state index contributed by atoms with van der Waals surface area (Å²) >= 11 is 0. The number of carbonyl (C=O) groups excluding carboxylic acids is 1. The molecule has 0 spiro atoms. The predicted molar refractivity (Wildman–Crippen MR) is 55.0 cm³/mol. The van der Waals surface area contributed by atoms with Crippen molar-refractivity contribution in [2.24, 2.45) is 0 Å². The molecule has 82 valence electrons. The summed E-state index contributed by atoms with van der Waals surface area (Å²) in [6, 6.07) is 5.17. The lowest BCUT2D eigenvalue weighted by Gasteiger charge is -2.13. The zero-order chi connectivity index (χ0) is 11.3. The molecule has 0 heterocycles. The lowest BCUT2D eigenvalue weighted by Crippen LogP contribution is -2.36. The molecule has 1 aromatic carbocycles. The largest absolute Gasteiger partial charge is 0.394 e. The van der Waals surface area contributed by atoms with Crippen LogP contribution in [0, 0.1) is 5.82 Å². The molecule has 2 N–H and O–H groups in total. The van der Waals surface area contributed by atoms with Crippen LogP contribution in [0.15, 0.2) is 24.3 Å². The molecule has 15 heavy (non-hydrogen) atoms. The summed E-state index contributed by atoms with van der Waals surface area (Å²) < 4.78 is 12.8. The van der Waals surface area contributed by atoms with Crippen LogP contribution in [0.4, 0.5) is 4.39 Å². The molecule has 0 radical (unpaired) electrons. The Morgan fingerprint density at radius 1 is 1.60 bits per heavy atom. The number of hydrogen-bond donors (Lipinski definition) is 2. The predicted octanol–water partition coefficient (Wildman–Crippen LogP) is 1.33. The average Bonchev–Trinajstić information content (AvgIpc) is 2.25. The third-order valence-electron chi connectivity index (χ3n) is 2.14. The highest BCUT2D eigenvalue weighted by Crippen LogP contribution is 2.04. The van der Waals surface area contributed by atoms with E-state index in [4.69, 9.17) is 5.11 Å². The number of carbonyl (C=O) groups is 1. The van der Waals surface area contributed by atoms with Gasteiger partial charge in [-0.2, -0.15) is 0 Å². The number of aliphatic hydroxyl groups is 1. The summed E-state index contributed by atoms with van der Waals surface area (Å²) in [6.07, 6.45) is 0.636. The van der Waals surface area contributed by atoms with Gasteiger partial charge < -0.3 is 10.4 Å². The number of benzene rings is 1. The maximum Gasteiger partial charge on any atom is 0.251 e. The van der Waals surface area contributed by atoms with Crippen LogP contribution in [0.3, 0.4) is 0 Å². The standard InChI is InChI=1S/C11H14FNO2/c1-2-10(7-14)13-11(15)8-4-3-5-9(12)6-8/h3-6,10,14H,2,7H2,1H3,(H,13,15)/t10-/m1/s1. The van der Waals surface area contributed by atoms with E-state index in [1.807, 2.05) is 6.92 Å². The molecule has 0 saturated carbocycles. The van der Waals surface area contributed by atoms with E-state index in [1.54, 1.807) is 0 Å². The first-order valence-electron chi connectivity index (χ1n) is 4.84. The fourth-order valence-electron chi connectivity index (χ4n) is 1.18. The fraction of sp³-hybridized carbons (Fsp3) is 0.364. The minimum Gasteiger partial charge on any atom is -0.394 e. The van der Waals surface area contributed by atoms with Crippen molar-refractivity contribution < 1.29 is 14.3 Å². The van der Waals surface area contributed by atoms with Crippen molar-refractivity contribution in [2.75, 3.05) is 6.61 Å². The lowest BCUT2D eigenvalue weighted by atomic mass is 10.1. The SMILES string of the molecule is CC[C@H](CO)NC(=O)c1cccc(F)c1. The minimum atomic E-state index is -0.445. The van der Waals surface area contributed by atoms with E-state index in [1.165, 1.54) is 24.3 Å². The van der Waals surface area contributed by atoms with Crippen molar-refractivity contribution in [2.45, 2.75) is 19.4 Å². The Hall–Kier alpha value is -1.42. The Labute approximate surface area is 87.9 Å². The zero-order valence-electron chi connectivity index (χ0n) is 8.53. The molecule has 0 aromatic heterocycles. The number of nitrogens with one attached hydrogen (secondary N) is 1. The van der Waals surface area contributed by atoms with Gasteiger partial charge in [-0.25, -0.2) is 4.39 Å². The van der Waals surface area contributed by atoms with Crippen LogP contribution in [0.25, 0.3) is 0 Å². The molecule has 0 bridgehead atoms. The molecule has 0 saturated heterocycles. The fourth-order valence-corrected chi connectivity index (χ4v) is 1.18. The number of hydrogen-bond acceptors (Lipinski definition) is 2. The number of rotatable bonds is 4. The highest BCUT2D eigenvalue weighted by molar-refractivity contribution is 5.94. The molecule has 0 unspecified atom stereocenters. The maximum absolute atomic E-state index is 12.8. The minimum absolute atomic E-state index is 0.114. The molecule has 1 rings (SSSR count). The maximum atomic E-state index is 12.8. The first-order valence-corrected chi connectivity index (χ1v) is 4.84.